The van der Waals surface area contributed by atoms with E-state index < -0.39 is 5.60 Å². The van der Waals surface area contributed by atoms with Gasteiger partial charge in [0.1, 0.15) is 5.60 Å². The lowest BCUT2D eigenvalue weighted by atomic mass is 9.76. The van der Waals surface area contributed by atoms with Crippen LogP contribution in [0.3, 0.4) is 0 Å². The maximum Gasteiger partial charge on any atom is 0.121 e. The van der Waals surface area contributed by atoms with Crippen molar-refractivity contribution < 1.29 is 14.6 Å². The average molecular weight is 378 g/mol. The number of aliphatic hydroxyl groups is 1. The molecule has 1 heterocycles. The molecule has 1 atom stereocenters. The van der Waals surface area contributed by atoms with Gasteiger partial charge in [-0.25, -0.2) is 0 Å². The summed E-state index contributed by atoms with van der Waals surface area (Å²) in [5, 5.41) is 11.9. The Bertz CT molecular complexity index is 593. The second-order valence-corrected chi connectivity index (χ2v) is 6.56. The van der Waals surface area contributed by atoms with Crippen LogP contribution in [0.5, 0.6) is 0 Å². The van der Waals surface area contributed by atoms with E-state index in [2.05, 4.69) is 4.90 Å². The van der Waals surface area contributed by atoms with E-state index in [0.717, 1.165) is 44.0 Å². The number of rotatable bonds is 7. The third-order valence-electron chi connectivity index (χ3n) is 4.97. The van der Waals surface area contributed by atoms with Crippen LogP contribution in [0.4, 0.5) is 0 Å². The number of ether oxygens (including phenoxy) is 2. The summed E-state index contributed by atoms with van der Waals surface area (Å²) < 4.78 is 11.0. The van der Waals surface area contributed by atoms with Gasteiger partial charge in [0.05, 0.1) is 19.8 Å². The number of hydrogen-bond acceptors (Lipinski definition) is 4. The largest absolute Gasteiger partial charge is 0.384 e. The van der Waals surface area contributed by atoms with E-state index in [0.29, 0.717) is 6.61 Å². The highest BCUT2D eigenvalue weighted by molar-refractivity contribution is 5.85. The third-order valence-corrected chi connectivity index (χ3v) is 4.97. The van der Waals surface area contributed by atoms with Crippen molar-refractivity contribution in [3.05, 3.63) is 71.8 Å². The molecule has 4 nitrogen and oxygen atoms in total. The molecule has 1 aliphatic rings. The Balaban J connectivity index is 0.00000243. The maximum atomic E-state index is 11.9. The van der Waals surface area contributed by atoms with Gasteiger partial charge in [0, 0.05) is 32.7 Å². The van der Waals surface area contributed by atoms with Crippen LogP contribution in [-0.4, -0.2) is 56.6 Å². The summed E-state index contributed by atoms with van der Waals surface area (Å²) in [7, 11) is 1.70. The van der Waals surface area contributed by atoms with Crippen molar-refractivity contribution >= 4 is 12.4 Å². The molecule has 0 aromatic heterocycles. The molecule has 26 heavy (non-hydrogen) atoms. The van der Waals surface area contributed by atoms with Gasteiger partial charge in [0.2, 0.25) is 0 Å². The van der Waals surface area contributed by atoms with E-state index in [1.807, 2.05) is 60.7 Å². The van der Waals surface area contributed by atoms with Gasteiger partial charge < -0.3 is 14.6 Å². The van der Waals surface area contributed by atoms with Gasteiger partial charge >= 0.3 is 0 Å². The Labute approximate surface area is 162 Å². The fourth-order valence-electron chi connectivity index (χ4n) is 3.62. The van der Waals surface area contributed by atoms with Crippen LogP contribution in [0, 0.1) is 5.92 Å². The van der Waals surface area contributed by atoms with Crippen LogP contribution < -0.4 is 0 Å². The minimum Gasteiger partial charge on any atom is -0.384 e. The molecule has 3 rings (SSSR count). The predicted octanol–water partition coefficient (Wildman–Crippen LogP) is 2.94. The van der Waals surface area contributed by atoms with E-state index in [4.69, 9.17) is 9.47 Å². The minimum atomic E-state index is -1.10. The average Bonchev–Trinajstić information content (AvgIpc) is 2.69. The number of halogens is 1. The summed E-state index contributed by atoms with van der Waals surface area (Å²) in [6.45, 7) is 4.51. The number of morpholine rings is 1. The second kappa shape index (κ2) is 10.0. The zero-order valence-electron chi connectivity index (χ0n) is 15.2. The third kappa shape index (κ3) is 4.64. The molecule has 5 heteroatoms. The standard InChI is InChI=1S/C21H27NO3.ClH/c1-24-17-20(16-22-12-14-25-15-13-22)21(23,18-8-4-2-5-9-18)19-10-6-3-7-11-19;/h2-11,20,23H,12-17H2,1H3;1H. The molecular weight excluding hydrogens is 350 g/mol. The quantitative estimate of drug-likeness (QED) is 0.805. The first kappa shape index (κ1) is 20.9. The Kier molecular flexibility index (Phi) is 8.07. The molecule has 2 aromatic rings. The molecule has 0 saturated carbocycles. The molecule has 1 unspecified atom stereocenters. The zero-order valence-corrected chi connectivity index (χ0v) is 16.0. The van der Waals surface area contributed by atoms with Crippen molar-refractivity contribution in [2.75, 3.05) is 46.6 Å². The Hall–Kier alpha value is -1.43. The van der Waals surface area contributed by atoms with Crippen molar-refractivity contribution in [3.8, 4) is 0 Å². The lowest BCUT2D eigenvalue weighted by molar-refractivity contribution is -0.0491. The summed E-state index contributed by atoms with van der Waals surface area (Å²) >= 11 is 0. The summed E-state index contributed by atoms with van der Waals surface area (Å²) in [5.41, 5.74) is 0.699. The summed E-state index contributed by atoms with van der Waals surface area (Å²) in [5.74, 6) is -0.0830. The van der Waals surface area contributed by atoms with Gasteiger partial charge in [-0.15, -0.1) is 12.4 Å². The first-order valence-electron chi connectivity index (χ1n) is 8.87. The highest BCUT2D eigenvalue weighted by Gasteiger charge is 2.41. The highest BCUT2D eigenvalue weighted by Crippen LogP contribution is 2.37. The van der Waals surface area contributed by atoms with E-state index in [-0.39, 0.29) is 18.3 Å². The van der Waals surface area contributed by atoms with Gasteiger partial charge in [0.15, 0.2) is 0 Å². The van der Waals surface area contributed by atoms with Crippen LogP contribution in [0.2, 0.25) is 0 Å². The van der Waals surface area contributed by atoms with Crippen LogP contribution >= 0.6 is 12.4 Å². The molecule has 0 spiro atoms. The number of benzene rings is 2. The predicted molar refractivity (Wildman–Crippen MR) is 106 cm³/mol. The Morgan fingerprint density at radius 2 is 1.50 bits per heavy atom. The Morgan fingerprint density at radius 1 is 1.00 bits per heavy atom. The normalized spacial score (nSPS) is 16.7. The van der Waals surface area contributed by atoms with Gasteiger partial charge in [-0.2, -0.15) is 0 Å². The molecule has 0 amide bonds. The molecule has 0 radical (unpaired) electrons. The Morgan fingerprint density at radius 3 is 1.96 bits per heavy atom. The minimum absolute atomic E-state index is 0. The molecule has 0 aliphatic carbocycles. The lowest BCUT2D eigenvalue weighted by Gasteiger charge is -2.40. The molecule has 1 saturated heterocycles. The molecule has 2 aromatic carbocycles. The molecule has 1 aliphatic heterocycles. The van der Waals surface area contributed by atoms with Crippen molar-refractivity contribution in [1.82, 2.24) is 4.90 Å². The SMILES string of the molecule is COCC(CN1CCOCC1)C(O)(c1ccccc1)c1ccccc1.Cl. The van der Waals surface area contributed by atoms with Crippen molar-refractivity contribution in [2.45, 2.75) is 5.60 Å². The van der Waals surface area contributed by atoms with Gasteiger partial charge in [-0.3, -0.25) is 4.90 Å². The lowest BCUT2D eigenvalue weighted by Crippen LogP contribution is -2.48. The van der Waals surface area contributed by atoms with Gasteiger partial charge in [-0.05, 0) is 11.1 Å². The van der Waals surface area contributed by atoms with Gasteiger partial charge in [-0.1, -0.05) is 60.7 Å². The van der Waals surface area contributed by atoms with Crippen LogP contribution in [0.15, 0.2) is 60.7 Å². The first-order valence-corrected chi connectivity index (χ1v) is 8.87. The topological polar surface area (TPSA) is 41.9 Å². The summed E-state index contributed by atoms with van der Waals surface area (Å²) in [6.07, 6.45) is 0. The maximum absolute atomic E-state index is 11.9. The highest BCUT2D eigenvalue weighted by atomic mass is 35.5. The van der Waals surface area contributed by atoms with Crippen molar-refractivity contribution in [2.24, 2.45) is 5.92 Å². The fraction of sp³-hybridized carbons (Fsp3) is 0.429. The molecule has 142 valence electrons. The first-order chi connectivity index (χ1) is 12.2. The van der Waals surface area contributed by atoms with E-state index >= 15 is 0 Å². The number of methoxy groups -OCH3 is 1. The van der Waals surface area contributed by atoms with E-state index in [1.54, 1.807) is 7.11 Å². The van der Waals surface area contributed by atoms with Crippen LogP contribution in [0.1, 0.15) is 11.1 Å². The number of hydrogen-bond donors (Lipinski definition) is 1. The molecule has 1 fully saturated rings. The summed E-state index contributed by atoms with van der Waals surface area (Å²) in [6, 6.07) is 19.8. The fourth-order valence-corrected chi connectivity index (χ4v) is 3.62. The van der Waals surface area contributed by atoms with Gasteiger partial charge in [0.25, 0.3) is 0 Å². The van der Waals surface area contributed by atoms with Crippen molar-refractivity contribution in [1.29, 1.82) is 0 Å². The van der Waals surface area contributed by atoms with Crippen molar-refractivity contribution in [3.63, 3.8) is 0 Å². The smallest absolute Gasteiger partial charge is 0.121 e. The van der Waals surface area contributed by atoms with E-state index in [1.165, 1.54) is 0 Å². The van der Waals surface area contributed by atoms with Crippen LogP contribution in [0.25, 0.3) is 0 Å². The monoisotopic (exact) mass is 377 g/mol. The molecule has 0 bridgehead atoms. The second-order valence-electron chi connectivity index (χ2n) is 6.56. The molecular formula is C21H28ClNO3. The summed E-state index contributed by atoms with van der Waals surface area (Å²) in [4.78, 5) is 2.35. The number of nitrogens with zero attached hydrogens (tertiary/aromatic N) is 1. The zero-order chi connectivity index (χ0) is 17.5. The molecule has 1 N–H and O–H groups in total. The van der Waals surface area contributed by atoms with Crippen LogP contribution in [-0.2, 0) is 15.1 Å². The van der Waals surface area contributed by atoms with E-state index in [9.17, 15) is 5.11 Å².